The van der Waals surface area contributed by atoms with Crippen molar-refractivity contribution in [2.24, 2.45) is 0 Å². The molecule has 1 fully saturated rings. The van der Waals surface area contributed by atoms with Crippen molar-refractivity contribution < 1.29 is 34.7 Å². The van der Waals surface area contributed by atoms with Crippen molar-refractivity contribution in [1.82, 2.24) is 20.3 Å². The number of benzene rings is 1. The molecule has 29 heavy (non-hydrogen) atoms. The van der Waals surface area contributed by atoms with E-state index in [-0.39, 0.29) is 6.54 Å². The summed E-state index contributed by atoms with van der Waals surface area (Å²) >= 11 is 0. The number of aliphatic hydroxyl groups is 4. The number of amides is 1. The summed E-state index contributed by atoms with van der Waals surface area (Å²) in [6.45, 7) is -0.343. The fraction of sp³-hybridized carbons (Fsp3) is 0.500. The van der Waals surface area contributed by atoms with E-state index in [1.807, 2.05) is 30.3 Å². The summed E-state index contributed by atoms with van der Waals surface area (Å²) in [5, 5.41) is 49.0. The van der Waals surface area contributed by atoms with Gasteiger partial charge in [-0.25, -0.2) is 4.68 Å². The molecule has 1 aromatic heterocycles. The predicted octanol–water partition coefficient (Wildman–Crippen LogP) is -2.24. The SMILES string of the molecule is O=C(CO[C@H]1O[C@H](CO)[C@H](O)[C@H](O)[C@H]1O)NCc1cn(Cc2ccccc2)nn1. The van der Waals surface area contributed by atoms with Crippen molar-refractivity contribution in [2.75, 3.05) is 13.2 Å². The molecule has 11 heteroatoms. The van der Waals surface area contributed by atoms with Crippen molar-refractivity contribution in [3.05, 3.63) is 47.8 Å². The quantitative estimate of drug-likeness (QED) is 0.325. The number of aromatic nitrogens is 3. The Morgan fingerprint density at radius 1 is 1.17 bits per heavy atom. The summed E-state index contributed by atoms with van der Waals surface area (Å²) in [6.07, 6.45) is -5.34. The lowest BCUT2D eigenvalue weighted by atomic mass is 9.99. The molecule has 0 aliphatic carbocycles. The van der Waals surface area contributed by atoms with E-state index < -0.39 is 49.8 Å². The number of aliphatic hydroxyl groups excluding tert-OH is 4. The molecule has 1 aliphatic heterocycles. The van der Waals surface area contributed by atoms with E-state index >= 15 is 0 Å². The normalized spacial score (nSPS) is 27.0. The van der Waals surface area contributed by atoms with Gasteiger partial charge in [-0.05, 0) is 5.56 Å². The van der Waals surface area contributed by atoms with Gasteiger partial charge in [0.05, 0.1) is 25.9 Å². The van der Waals surface area contributed by atoms with Crippen LogP contribution < -0.4 is 5.32 Å². The van der Waals surface area contributed by atoms with Crippen LogP contribution in [0.25, 0.3) is 0 Å². The molecule has 0 spiro atoms. The molecular formula is C18H24N4O7. The van der Waals surface area contributed by atoms with Crippen LogP contribution in [-0.4, -0.2) is 85.2 Å². The number of nitrogens with zero attached hydrogens (tertiary/aromatic N) is 3. The molecule has 2 heterocycles. The van der Waals surface area contributed by atoms with E-state index in [9.17, 15) is 20.1 Å². The topological polar surface area (TPSA) is 159 Å². The Morgan fingerprint density at radius 3 is 2.66 bits per heavy atom. The van der Waals surface area contributed by atoms with Crippen molar-refractivity contribution >= 4 is 5.91 Å². The van der Waals surface area contributed by atoms with Gasteiger partial charge < -0.3 is 35.2 Å². The van der Waals surface area contributed by atoms with E-state index in [1.54, 1.807) is 10.9 Å². The monoisotopic (exact) mass is 408 g/mol. The van der Waals surface area contributed by atoms with Crippen LogP contribution in [0.15, 0.2) is 36.5 Å². The minimum absolute atomic E-state index is 0.131. The molecule has 1 amide bonds. The second-order valence-corrected chi connectivity index (χ2v) is 6.68. The minimum Gasteiger partial charge on any atom is -0.394 e. The molecule has 0 bridgehead atoms. The summed E-state index contributed by atoms with van der Waals surface area (Å²) in [5.74, 6) is -0.500. The number of nitrogens with one attached hydrogen (secondary N) is 1. The lowest BCUT2D eigenvalue weighted by Gasteiger charge is -2.39. The van der Waals surface area contributed by atoms with Crippen molar-refractivity contribution in [3.8, 4) is 0 Å². The lowest BCUT2D eigenvalue weighted by Crippen LogP contribution is -2.59. The molecule has 0 saturated carbocycles. The Kier molecular flexibility index (Phi) is 7.25. The maximum absolute atomic E-state index is 12.0. The Labute approximate surface area is 166 Å². The van der Waals surface area contributed by atoms with Gasteiger partial charge in [-0.2, -0.15) is 0 Å². The summed E-state index contributed by atoms with van der Waals surface area (Å²) in [5.41, 5.74) is 1.63. The van der Waals surface area contributed by atoms with Gasteiger partial charge >= 0.3 is 0 Å². The number of hydrogen-bond acceptors (Lipinski definition) is 9. The molecule has 0 unspecified atom stereocenters. The molecular weight excluding hydrogens is 384 g/mol. The molecule has 0 radical (unpaired) electrons. The molecule has 5 atom stereocenters. The zero-order valence-electron chi connectivity index (χ0n) is 15.5. The van der Waals surface area contributed by atoms with E-state index in [4.69, 9.17) is 14.6 Å². The highest BCUT2D eigenvalue weighted by Gasteiger charge is 2.44. The van der Waals surface area contributed by atoms with Gasteiger partial charge in [0.15, 0.2) is 6.29 Å². The number of hydrogen-bond donors (Lipinski definition) is 5. The lowest BCUT2D eigenvalue weighted by molar-refractivity contribution is -0.299. The number of carbonyl (C=O) groups excluding carboxylic acids is 1. The van der Waals surface area contributed by atoms with E-state index in [2.05, 4.69) is 15.6 Å². The van der Waals surface area contributed by atoms with Crippen LogP contribution in [0.1, 0.15) is 11.3 Å². The molecule has 11 nitrogen and oxygen atoms in total. The van der Waals surface area contributed by atoms with Crippen LogP contribution in [-0.2, 0) is 27.4 Å². The Balaban J connectivity index is 1.43. The second-order valence-electron chi connectivity index (χ2n) is 6.68. The largest absolute Gasteiger partial charge is 0.394 e. The van der Waals surface area contributed by atoms with Crippen LogP contribution in [0.4, 0.5) is 0 Å². The van der Waals surface area contributed by atoms with Gasteiger partial charge in [0.1, 0.15) is 36.7 Å². The van der Waals surface area contributed by atoms with E-state index in [0.717, 1.165) is 5.56 Å². The Bertz CT molecular complexity index is 786. The Hall–Kier alpha value is -2.41. The first-order valence-electron chi connectivity index (χ1n) is 9.09. The van der Waals surface area contributed by atoms with Gasteiger partial charge in [-0.1, -0.05) is 35.5 Å². The molecule has 2 aromatic rings. The maximum Gasteiger partial charge on any atom is 0.246 e. The van der Waals surface area contributed by atoms with Crippen molar-refractivity contribution in [1.29, 1.82) is 0 Å². The van der Waals surface area contributed by atoms with Crippen LogP contribution in [0, 0.1) is 0 Å². The fourth-order valence-electron chi connectivity index (χ4n) is 2.87. The standard InChI is InChI=1S/C18H24N4O7/c23-9-13-15(25)16(26)17(27)18(29-13)28-10-14(24)19-6-12-8-22(21-20-12)7-11-4-2-1-3-5-11/h1-5,8,13,15-18,23,25-27H,6-7,9-10H2,(H,19,24)/t13-,15+,16+,17-,18+/m1/s1. The van der Waals surface area contributed by atoms with Gasteiger partial charge in [0.2, 0.25) is 5.91 Å². The number of ether oxygens (including phenoxy) is 2. The first-order valence-corrected chi connectivity index (χ1v) is 9.09. The predicted molar refractivity (Wildman–Crippen MR) is 97.1 cm³/mol. The number of carbonyl (C=O) groups is 1. The van der Waals surface area contributed by atoms with Crippen molar-refractivity contribution in [3.63, 3.8) is 0 Å². The van der Waals surface area contributed by atoms with Gasteiger partial charge in [-0.15, -0.1) is 5.10 Å². The average molecular weight is 408 g/mol. The van der Waals surface area contributed by atoms with Crippen LogP contribution in [0.2, 0.25) is 0 Å². The highest BCUT2D eigenvalue weighted by Crippen LogP contribution is 2.21. The second kappa shape index (κ2) is 9.87. The third-order valence-electron chi connectivity index (χ3n) is 4.47. The Morgan fingerprint density at radius 2 is 1.93 bits per heavy atom. The molecule has 1 aromatic carbocycles. The van der Waals surface area contributed by atoms with Crippen LogP contribution in [0.5, 0.6) is 0 Å². The fourth-order valence-corrected chi connectivity index (χ4v) is 2.87. The molecule has 1 saturated heterocycles. The van der Waals surface area contributed by atoms with E-state index in [0.29, 0.717) is 12.2 Å². The smallest absolute Gasteiger partial charge is 0.246 e. The first-order chi connectivity index (χ1) is 14.0. The first kappa shape index (κ1) is 21.3. The van der Waals surface area contributed by atoms with Crippen molar-refractivity contribution in [2.45, 2.75) is 43.8 Å². The molecule has 158 valence electrons. The zero-order chi connectivity index (χ0) is 20.8. The molecule has 1 aliphatic rings. The zero-order valence-corrected chi connectivity index (χ0v) is 15.5. The highest BCUT2D eigenvalue weighted by molar-refractivity contribution is 5.77. The van der Waals surface area contributed by atoms with Gasteiger partial charge in [0.25, 0.3) is 0 Å². The maximum atomic E-state index is 12.0. The third kappa shape index (κ3) is 5.56. The summed E-state index contributed by atoms with van der Waals surface area (Å²) in [6, 6.07) is 9.74. The molecule has 3 rings (SSSR count). The summed E-state index contributed by atoms with van der Waals surface area (Å²) < 4.78 is 12.0. The average Bonchev–Trinajstić information content (AvgIpc) is 3.18. The van der Waals surface area contributed by atoms with Gasteiger partial charge in [0, 0.05) is 0 Å². The van der Waals surface area contributed by atoms with Gasteiger partial charge in [-0.3, -0.25) is 4.79 Å². The summed E-state index contributed by atoms with van der Waals surface area (Å²) in [4.78, 5) is 12.0. The molecule has 5 N–H and O–H groups in total. The summed E-state index contributed by atoms with van der Waals surface area (Å²) in [7, 11) is 0. The number of rotatable bonds is 8. The van der Waals surface area contributed by atoms with E-state index in [1.165, 1.54) is 0 Å². The highest BCUT2D eigenvalue weighted by atomic mass is 16.7. The third-order valence-corrected chi connectivity index (χ3v) is 4.47. The minimum atomic E-state index is -1.56. The van der Waals surface area contributed by atoms with Crippen LogP contribution in [0.3, 0.4) is 0 Å². The van der Waals surface area contributed by atoms with Crippen LogP contribution >= 0.6 is 0 Å².